The van der Waals surface area contributed by atoms with Crippen LogP contribution in [0.4, 0.5) is 17.6 Å². The molecule has 0 aromatic heterocycles. The summed E-state index contributed by atoms with van der Waals surface area (Å²) in [5.41, 5.74) is 0.456. The monoisotopic (exact) mass is 293 g/mol. The highest BCUT2D eigenvalue weighted by molar-refractivity contribution is 5.27. The van der Waals surface area contributed by atoms with Gasteiger partial charge in [-0.2, -0.15) is 0 Å². The molecule has 1 aromatic carbocycles. The lowest BCUT2D eigenvalue weighted by Crippen LogP contribution is -2.40. The van der Waals surface area contributed by atoms with Crippen LogP contribution >= 0.6 is 0 Å². The summed E-state index contributed by atoms with van der Waals surface area (Å²) in [6.45, 7) is 6.00. The van der Waals surface area contributed by atoms with E-state index in [9.17, 15) is 17.6 Å². The van der Waals surface area contributed by atoms with Crippen molar-refractivity contribution >= 4 is 0 Å². The third kappa shape index (κ3) is 7.33. The smallest absolute Gasteiger partial charge is 0.406 e. The van der Waals surface area contributed by atoms with Crippen molar-refractivity contribution in [3.63, 3.8) is 0 Å². The van der Waals surface area contributed by atoms with Crippen LogP contribution in [0.3, 0.4) is 0 Å². The zero-order valence-electron chi connectivity index (χ0n) is 11.7. The van der Waals surface area contributed by atoms with Gasteiger partial charge in [-0.05, 0) is 38.5 Å². The van der Waals surface area contributed by atoms with Gasteiger partial charge in [0, 0.05) is 18.5 Å². The quantitative estimate of drug-likeness (QED) is 0.833. The number of nitrogens with one attached hydrogen (secondary N) is 1. The first-order chi connectivity index (χ1) is 9.05. The molecule has 1 aromatic rings. The van der Waals surface area contributed by atoms with E-state index in [1.807, 2.05) is 20.8 Å². The maximum Gasteiger partial charge on any atom is 0.573 e. The predicted octanol–water partition coefficient (Wildman–Crippen LogP) is 3.85. The summed E-state index contributed by atoms with van der Waals surface area (Å²) in [5.74, 6) is -0.301. The molecular weight excluding hydrogens is 274 g/mol. The molecule has 0 bridgehead atoms. The summed E-state index contributed by atoms with van der Waals surface area (Å²) < 4.78 is 53.4. The van der Waals surface area contributed by atoms with Crippen molar-refractivity contribution in [1.82, 2.24) is 5.32 Å². The summed E-state index contributed by atoms with van der Waals surface area (Å²) in [6, 6.07) is 5.24. The molecule has 0 aliphatic rings. The lowest BCUT2D eigenvalue weighted by Gasteiger charge is -2.22. The van der Waals surface area contributed by atoms with E-state index in [1.54, 1.807) is 0 Å². The Hall–Kier alpha value is -1.30. The Morgan fingerprint density at radius 2 is 1.65 bits per heavy atom. The second-order valence-corrected chi connectivity index (χ2v) is 5.62. The average molecular weight is 293 g/mol. The van der Waals surface area contributed by atoms with Crippen molar-refractivity contribution in [3.05, 3.63) is 29.8 Å². The van der Waals surface area contributed by atoms with E-state index in [1.165, 1.54) is 24.3 Å². The highest BCUT2D eigenvalue weighted by Crippen LogP contribution is 2.23. The number of ether oxygens (including phenoxy) is 1. The van der Waals surface area contributed by atoms with Crippen LogP contribution in [-0.4, -0.2) is 24.6 Å². The molecule has 114 valence electrons. The number of hydrogen-bond acceptors (Lipinski definition) is 2. The number of hydrogen-bond donors (Lipinski definition) is 1. The Kier molecular flexibility index (Phi) is 5.39. The maximum absolute atomic E-state index is 13.7. The van der Waals surface area contributed by atoms with Gasteiger partial charge in [-0.3, -0.25) is 0 Å². The van der Waals surface area contributed by atoms with Crippen molar-refractivity contribution in [3.8, 4) is 5.75 Å². The van der Waals surface area contributed by atoms with Crippen LogP contribution in [0.25, 0.3) is 0 Å². The molecule has 6 heteroatoms. The first kappa shape index (κ1) is 16.8. The maximum atomic E-state index is 13.7. The molecule has 0 saturated carbocycles. The molecule has 0 saturated heterocycles. The minimum atomic E-state index is -4.71. The van der Waals surface area contributed by atoms with Crippen LogP contribution in [0.15, 0.2) is 24.3 Å². The van der Waals surface area contributed by atoms with Crippen molar-refractivity contribution < 1.29 is 22.3 Å². The highest BCUT2D eigenvalue weighted by atomic mass is 19.4. The molecule has 1 unspecified atom stereocenters. The average Bonchev–Trinajstić information content (AvgIpc) is 2.26. The van der Waals surface area contributed by atoms with Crippen LogP contribution in [0.2, 0.25) is 0 Å². The third-order valence-corrected chi connectivity index (χ3v) is 2.47. The Labute approximate surface area is 116 Å². The Bertz CT molecular complexity index is 409. The standard InChI is InChI=1S/C14H19F4NO/c1-13(2,3)19-9-11(15)8-10-4-6-12(7-5-10)20-14(16,17)18/h4-7,11,19H,8-9H2,1-3H3. The minimum absolute atomic E-state index is 0.148. The van der Waals surface area contributed by atoms with Gasteiger partial charge in [0.1, 0.15) is 11.9 Å². The van der Waals surface area contributed by atoms with E-state index in [-0.39, 0.29) is 24.3 Å². The van der Waals surface area contributed by atoms with Crippen LogP contribution in [0, 0.1) is 0 Å². The van der Waals surface area contributed by atoms with E-state index in [0.717, 1.165) is 0 Å². The number of alkyl halides is 4. The summed E-state index contributed by atoms with van der Waals surface area (Å²) in [4.78, 5) is 0. The molecule has 0 aliphatic heterocycles. The molecule has 0 radical (unpaired) electrons. The molecule has 0 fully saturated rings. The molecule has 0 aliphatic carbocycles. The first-order valence-corrected chi connectivity index (χ1v) is 6.29. The van der Waals surface area contributed by atoms with E-state index in [4.69, 9.17) is 0 Å². The lowest BCUT2D eigenvalue weighted by molar-refractivity contribution is -0.274. The van der Waals surface area contributed by atoms with Crippen molar-refractivity contribution in [2.45, 2.75) is 45.3 Å². The molecule has 1 N–H and O–H groups in total. The molecule has 1 rings (SSSR count). The topological polar surface area (TPSA) is 21.3 Å². The molecule has 20 heavy (non-hydrogen) atoms. The fraction of sp³-hybridized carbons (Fsp3) is 0.571. The summed E-state index contributed by atoms with van der Waals surface area (Å²) >= 11 is 0. The SMILES string of the molecule is CC(C)(C)NCC(F)Cc1ccc(OC(F)(F)F)cc1. The zero-order valence-corrected chi connectivity index (χ0v) is 11.7. The van der Waals surface area contributed by atoms with Gasteiger partial charge in [-0.15, -0.1) is 13.2 Å². The third-order valence-electron chi connectivity index (χ3n) is 2.47. The Balaban J connectivity index is 2.49. The molecular formula is C14H19F4NO. The normalized spacial score (nSPS) is 14.2. The van der Waals surface area contributed by atoms with Gasteiger partial charge in [0.15, 0.2) is 0 Å². The van der Waals surface area contributed by atoms with Crippen LogP contribution in [0.1, 0.15) is 26.3 Å². The number of rotatable bonds is 5. The largest absolute Gasteiger partial charge is 0.573 e. The summed E-state index contributed by atoms with van der Waals surface area (Å²) in [7, 11) is 0. The van der Waals surface area contributed by atoms with E-state index in [0.29, 0.717) is 5.56 Å². The Morgan fingerprint density at radius 3 is 2.10 bits per heavy atom. The van der Waals surface area contributed by atoms with Crippen LogP contribution < -0.4 is 10.1 Å². The van der Waals surface area contributed by atoms with Gasteiger partial charge in [0.2, 0.25) is 0 Å². The second kappa shape index (κ2) is 6.43. The summed E-state index contributed by atoms with van der Waals surface area (Å²) in [5, 5.41) is 3.04. The number of halogens is 4. The fourth-order valence-corrected chi connectivity index (χ4v) is 1.57. The summed E-state index contributed by atoms with van der Waals surface area (Å²) in [6.07, 6.45) is -5.65. The van der Waals surface area contributed by atoms with Crippen molar-refractivity contribution in [2.24, 2.45) is 0 Å². The highest BCUT2D eigenvalue weighted by Gasteiger charge is 2.30. The van der Waals surface area contributed by atoms with Gasteiger partial charge in [0.05, 0.1) is 0 Å². The number of benzene rings is 1. The molecule has 1 atom stereocenters. The lowest BCUT2D eigenvalue weighted by atomic mass is 10.1. The van der Waals surface area contributed by atoms with E-state index in [2.05, 4.69) is 10.1 Å². The van der Waals surface area contributed by atoms with E-state index < -0.39 is 12.5 Å². The Morgan fingerprint density at radius 1 is 1.10 bits per heavy atom. The van der Waals surface area contributed by atoms with Gasteiger partial charge >= 0.3 is 6.36 Å². The molecule has 0 heterocycles. The van der Waals surface area contributed by atoms with Crippen LogP contribution in [-0.2, 0) is 6.42 Å². The zero-order chi connectivity index (χ0) is 15.4. The molecule has 0 spiro atoms. The van der Waals surface area contributed by atoms with Gasteiger partial charge < -0.3 is 10.1 Å². The van der Waals surface area contributed by atoms with E-state index >= 15 is 0 Å². The predicted molar refractivity (Wildman–Crippen MR) is 69.5 cm³/mol. The van der Waals surface area contributed by atoms with Crippen molar-refractivity contribution in [2.75, 3.05) is 6.54 Å². The molecule has 0 amide bonds. The van der Waals surface area contributed by atoms with Gasteiger partial charge in [-0.1, -0.05) is 12.1 Å². The second-order valence-electron chi connectivity index (χ2n) is 5.62. The van der Waals surface area contributed by atoms with Gasteiger partial charge in [-0.25, -0.2) is 4.39 Å². The fourth-order valence-electron chi connectivity index (χ4n) is 1.57. The van der Waals surface area contributed by atoms with Crippen LogP contribution in [0.5, 0.6) is 5.75 Å². The first-order valence-electron chi connectivity index (χ1n) is 6.29. The van der Waals surface area contributed by atoms with Crippen molar-refractivity contribution in [1.29, 1.82) is 0 Å². The minimum Gasteiger partial charge on any atom is -0.406 e. The van der Waals surface area contributed by atoms with Gasteiger partial charge in [0.25, 0.3) is 0 Å². The molecule has 2 nitrogen and oxygen atoms in total.